The zero-order valence-electron chi connectivity index (χ0n) is 12.1. The Bertz CT molecular complexity index is 392. The highest BCUT2D eigenvalue weighted by molar-refractivity contribution is 6.01. The highest BCUT2D eigenvalue weighted by Gasteiger charge is 2.51. The fourth-order valence-corrected chi connectivity index (χ4v) is 3.49. The summed E-state index contributed by atoms with van der Waals surface area (Å²) in [5.74, 6) is -1.11. The molecule has 20 heavy (non-hydrogen) atoms. The van der Waals surface area contributed by atoms with Gasteiger partial charge in [0.2, 0.25) is 11.8 Å². The van der Waals surface area contributed by atoms with Gasteiger partial charge < -0.3 is 5.11 Å². The van der Waals surface area contributed by atoms with Crippen molar-refractivity contribution in [1.29, 1.82) is 0 Å². The smallest absolute Gasteiger partial charge is 0.330 e. The number of imide groups is 1. The van der Waals surface area contributed by atoms with Crippen molar-refractivity contribution in [3.8, 4) is 0 Å². The van der Waals surface area contributed by atoms with Crippen LogP contribution in [0.4, 0.5) is 0 Å². The van der Waals surface area contributed by atoms with E-state index in [2.05, 4.69) is 6.92 Å². The molecule has 0 aromatic heterocycles. The van der Waals surface area contributed by atoms with Crippen molar-refractivity contribution >= 4 is 17.8 Å². The lowest BCUT2D eigenvalue weighted by molar-refractivity contribution is -0.169. The molecule has 2 amide bonds. The predicted octanol–water partition coefficient (Wildman–Crippen LogP) is 2.34. The van der Waals surface area contributed by atoms with E-state index in [4.69, 9.17) is 0 Å². The monoisotopic (exact) mass is 281 g/mol. The van der Waals surface area contributed by atoms with Crippen molar-refractivity contribution in [3.05, 3.63) is 0 Å². The average molecular weight is 281 g/mol. The summed E-state index contributed by atoms with van der Waals surface area (Å²) in [4.78, 5) is 37.4. The van der Waals surface area contributed by atoms with Gasteiger partial charge in [0, 0.05) is 12.8 Å². The summed E-state index contributed by atoms with van der Waals surface area (Å²) in [7, 11) is 0. The second kappa shape index (κ2) is 5.94. The lowest BCUT2D eigenvalue weighted by Gasteiger charge is -2.43. The Morgan fingerprint density at radius 2 is 1.70 bits per heavy atom. The first-order valence-electron chi connectivity index (χ1n) is 7.60. The lowest BCUT2D eigenvalue weighted by Crippen LogP contribution is -2.60. The van der Waals surface area contributed by atoms with Crippen molar-refractivity contribution in [1.82, 2.24) is 4.90 Å². The summed E-state index contributed by atoms with van der Waals surface area (Å²) in [6, 6.07) is 0. The number of carbonyl (C=O) groups is 3. The third-order valence-corrected chi connectivity index (χ3v) is 4.87. The number of carbonyl (C=O) groups excluding carboxylic acids is 2. The molecule has 0 atom stereocenters. The van der Waals surface area contributed by atoms with Crippen molar-refractivity contribution in [2.24, 2.45) is 5.92 Å². The van der Waals surface area contributed by atoms with Crippen LogP contribution < -0.4 is 0 Å². The standard InChI is InChI=1S/C15H23NO4/c1-2-11-7-9-15(10-8-11,14(19)20)16-12(17)5-3-4-6-13(16)18/h11H,2-10H2,1H3,(H,19,20). The summed E-state index contributed by atoms with van der Waals surface area (Å²) in [5.41, 5.74) is -1.29. The van der Waals surface area contributed by atoms with E-state index in [0.29, 0.717) is 31.6 Å². The van der Waals surface area contributed by atoms with Gasteiger partial charge in [0.05, 0.1) is 0 Å². The maximum atomic E-state index is 12.2. The van der Waals surface area contributed by atoms with Crippen LogP contribution >= 0.6 is 0 Å². The summed E-state index contributed by atoms with van der Waals surface area (Å²) < 4.78 is 0. The van der Waals surface area contributed by atoms with Gasteiger partial charge in [0.25, 0.3) is 0 Å². The number of carboxylic acid groups (broad SMARTS) is 1. The molecule has 2 aliphatic rings. The molecule has 5 nitrogen and oxygen atoms in total. The fourth-order valence-electron chi connectivity index (χ4n) is 3.49. The van der Waals surface area contributed by atoms with Crippen molar-refractivity contribution in [3.63, 3.8) is 0 Å². The van der Waals surface area contributed by atoms with Crippen LogP contribution in [0.2, 0.25) is 0 Å². The van der Waals surface area contributed by atoms with E-state index in [-0.39, 0.29) is 24.7 Å². The minimum atomic E-state index is -1.29. The molecular weight excluding hydrogens is 258 g/mol. The second-order valence-corrected chi connectivity index (χ2v) is 6.02. The fraction of sp³-hybridized carbons (Fsp3) is 0.800. The second-order valence-electron chi connectivity index (χ2n) is 6.02. The molecule has 0 spiro atoms. The van der Waals surface area contributed by atoms with Crippen LogP contribution in [0.15, 0.2) is 0 Å². The summed E-state index contributed by atoms with van der Waals surface area (Å²) in [5, 5.41) is 9.68. The van der Waals surface area contributed by atoms with Gasteiger partial charge in [-0.25, -0.2) is 4.79 Å². The normalized spacial score (nSPS) is 32.0. The first-order valence-corrected chi connectivity index (χ1v) is 7.60. The van der Waals surface area contributed by atoms with E-state index in [1.165, 1.54) is 0 Å². The van der Waals surface area contributed by atoms with E-state index in [0.717, 1.165) is 24.2 Å². The molecule has 1 N–H and O–H groups in total. The van der Waals surface area contributed by atoms with Gasteiger partial charge in [-0.3, -0.25) is 14.5 Å². The topological polar surface area (TPSA) is 74.7 Å². The summed E-state index contributed by atoms with van der Waals surface area (Å²) >= 11 is 0. The molecule has 0 aromatic rings. The van der Waals surface area contributed by atoms with Crippen LogP contribution in [-0.4, -0.2) is 33.3 Å². The van der Waals surface area contributed by atoms with E-state index in [9.17, 15) is 19.5 Å². The molecule has 5 heteroatoms. The maximum Gasteiger partial charge on any atom is 0.330 e. The third-order valence-electron chi connectivity index (χ3n) is 4.87. The minimum absolute atomic E-state index is 0.290. The summed E-state index contributed by atoms with van der Waals surface area (Å²) in [6.07, 6.45) is 5.31. The van der Waals surface area contributed by atoms with Crippen LogP contribution in [0.1, 0.15) is 64.7 Å². The van der Waals surface area contributed by atoms with Gasteiger partial charge in [-0.15, -0.1) is 0 Å². The highest BCUT2D eigenvalue weighted by Crippen LogP contribution is 2.39. The number of rotatable bonds is 3. The molecule has 0 bridgehead atoms. The zero-order valence-corrected chi connectivity index (χ0v) is 12.1. The molecular formula is C15H23NO4. The number of likely N-dealkylation sites (tertiary alicyclic amines) is 1. The van der Waals surface area contributed by atoms with Gasteiger partial charge >= 0.3 is 5.97 Å². The number of hydrogen-bond donors (Lipinski definition) is 1. The molecule has 1 saturated carbocycles. The van der Waals surface area contributed by atoms with Crippen LogP contribution in [0.25, 0.3) is 0 Å². The Labute approximate surface area is 119 Å². The van der Waals surface area contributed by atoms with E-state index >= 15 is 0 Å². The van der Waals surface area contributed by atoms with Gasteiger partial charge in [-0.1, -0.05) is 13.3 Å². The molecule has 2 rings (SSSR count). The molecule has 1 aliphatic carbocycles. The van der Waals surface area contributed by atoms with Crippen molar-refractivity contribution < 1.29 is 19.5 Å². The SMILES string of the molecule is CCC1CCC(C(=O)O)(N2C(=O)CCCCC2=O)CC1. The molecule has 112 valence electrons. The van der Waals surface area contributed by atoms with Crippen LogP contribution in [0, 0.1) is 5.92 Å². The molecule has 0 unspecified atom stereocenters. The van der Waals surface area contributed by atoms with Gasteiger partial charge in [-0.2, -0.15) is 0 Å². The molecule has 0 aromatic carbocycles. The largest absolute Gasteiger partial charge is 0.479 e. The number of amides is 2. The first kappa shape index (κ1) is 15.0. The lowest BCUT2D eigenvalue weighted by atomic mass is 9.74. The molecule has 0 radical (unpaired) electrons. The van der Waals surface area contributed by atoms with E-state index < -0.39 is 11.5 Å². The van der Waals surface area contributed by atoms with Gasteiger partial charge in [0.1, 0.15) is 5.54 Å². The van der Waals surface area contributed by atoms with E-state index in [1.807, 2.05) is 0 Å². The minimum Gasteiger partial charge on any atom is -0.479 e. The van der Waals surface area contributed by atoms with Crippen LogP contribution in [0.5, 0.6) is 0 Å². The zero-order chi connectivity index (χ0) is 14.8. The first-order chi connectivity index (χ1) is 9.51. The predicted molar refractivity (Wildman–Crippen MR) is 72.9 cm³/mol. The Morgan fingerprint density at radius 3 is 2.10 bits per heavy atom. The Morgan fingerprint density at radius 1 is 1.20 bits per heavy atom. The number of carboxylic acids is 1. The molecule has 1 heterocycles. The number of hydrogen-bond acceptors (Lipinski definition) is 3. The molecule has 2 fully saturated rings. The molecule has 1 saturated heterocycles. The van der Waals surface area contributed by atoms with Crippen LogP contribution in [0.3, 0.4) is 0 Å². The average Bonchev–Trinajstić information content (AvgIpc) is 2.60. The number of nitrogens with zero attached hydrogens (tertiary/aromatic N) is 1. The van der Waals surface area contributed by atoms with E-state index in [1.54, 1.807) is 0 Å². The van der Waals surface area contributed by atoms with Crippen LogP contribution in [-0.2, 0) is 14.4 Å². The van der Waals surface area contributed by atoms with Crippen molar-refractivity contribution in [2.75, 3.05) is 0 Å². The third kappa shape index (κ3) is 2.58. The van der Waals surface area contributed by atoms with Crippen molar-refractivity contribution in [2.45, 2.75) is 70.3 Å². The Hall–Kier alpha value is -1.39. The molecule has 1 aliphatic heterocycles. The quantitative estimate of drug-likeness (QED) is 0.806. The van der Waals surface area contributed by atoms with Gasteiger partial charge in [0.15, 0.2) is 0 Å². The Kier molecular flexibility index (Phi) is 4.45. The maximum absolute atomic E-state index is 12.2. The highest BCUT2D eigenvalue weighted by atomic mass is 16.4. The number of aliphatic carboxylic acids is 1. The van der Waals surface area contributed by atoms with Gasteiger partial charge in [-0.05, 0) is 44.4 Å². The summed E-state index contributed by atoms with van der Waals surface area (Å²) in [6.45, 7) is 2.10. The Balaban J connectivity index is 2.29.